The van der Waals surface area contributed by atoms with Crippen LogP contribution in [-0.4, -0.2) is 33.7 Å². The minimum absolute atomic E-state index is 0.00451. The fourth-order valence-electron chi connectivity index (χ4n) is 3.29. The van der Waals surface area contributed by atoms with E-state index in [2.05, 4.69) is 15.4 Å². The van der Waals surface area contributed by atoms with Crippen molar-refractivity contribution in [2.75, 3.05) is 13.2 Å². The van der Waals surface area contributed by atoms with Crippen molar-refractivity contribution in [3.63, 3.8) is 0 Å². The molecule has 0 spiro atoms. The first-order chi connectivity index (χ1) is 14.1. The maximum absolute atomic E-state index is 12.6. The minimum Gasteiger partial charge on any atom is -0.374 e. The third kappa shape index (κ3) is 3.90. The third-order valence-electron chi connectivity index (χ3n) is 4.87. The molecule has 2 heterocycles. The van der Waals surface area contributed by atoms with E-state index >= 15 is 0 Å². The normalized spacial score (nSPS) is 12.3. The quantitative estimate of drug-likeness (QED) is 0.475. The third-order valence-corrected chi connectivity index (χ3v) is 4.87. The lowest BCUT2D eigenvalue weighted by molar-refractivity contribution is 0.0635. The molecule has 2 N–H and O–H groups in total. The Bertz CT molecular complexity index is 1200. The van der Waals surface area contributed by atoms with Crippen LogP contribution in [0.2, 0.25) is 0 Å². The van der Waals surface area contributed by atoms with Crippen molar-refractivity contribution >= 4 is 22.5 Å². The van der Waals surface area contributed by atoms with Crippen LogP contribution in [0.4, 0.5) is 0 Å². The predicted octanol–water partition coefficient (Wildman–Crippen LogP) is 3.07. The Morgan fingerprint density at radius 1 is 1.17 bits per heavy atom. The van der Waals surface area contributed by atoms with Crippen LogP contribution in [0.3, 0.4) is 0 Å². The van der Waals surface area contributed by atoms with Crippen molar-refractivity contribution in [2.45, 2.75) is 19.4 Å². The molecular weight excluding hydrogens is 368 g/mol. The number of rotatable bonds is 7. The largest absolute Gasteiger partial charge is 0.374 e. The van der Waals surface area contributed by atoms with Crippen LogP contribution in [-0.2, 0) is 4.74 Å². The zero-order valence-corrected chi connectivity index (χ0v) is 16.1. The number of para-hydroxylation sites is 1. The number of nitrogens with zero attached hydrogens (tertiary/aromatic N) is 2. The van der Waals surface area contributed by atoms with Gasteiger partial charge in [-0.1, -0.05) is 42.5 Å². The van der Waals surface area contributed by atoms with Gasteiger partial charge in [-0.2, -0.15) is 5.10 Å². The Hall–Kier alpha value is -3.45. The maximum Gasteiger partial charge on any atom is 0.259 e. The van der Waals surface area contributed by atoms with E-state index in [1.54, 1.807) is 22.7 Å². The SMILES string of the molecule is CC(OCCCNC(=O)c1cnn2c1[nH]c(=O)c1ccccc12)c1ccccc1. The summed E-state index contributed by atoms with van der Waals surface area (Å²) in [6, 6.07) is 17.2. The summed E-state index contributed by atoms with van der Waals surface area (Å²) in [4.78, 5) is 27.6. The standard InChI is InChI=1S/C22H22N4O3/c1-15(16-8-3-2-4-9-16)29-13-7-12-23-21(27)18-14-24-26-19-11-6-5-10-17(19)22(28)25-20(18)26/h2-6,8-11,14-15H,7,12-13H2,1H3,(H,23,27)(H,25,28). The van der Waals surface area contributed by atoms with Crippen LogP contribution in [0.1, 0.15) is 35.4 Å². The highest BCUT2D eigenvalue weighted by Gasteiger charge is 2.15. The lowest BCUT2D eigenvalue weighted by Crippen LogP contribution is -2.25. The molecular formula is C22H22N4O3. The first-order valence-electron chi connectivity index (χ1n) is 9.58. The highest BCUT2D eigenvalue weighted by Crippen LogP contribution is 2.16. The van der Waals surface area contributed by atoms with Gasteiger partial charge in [-0.15, -0.1) is 0 Å². The second kappa shape index (κ2) is 8.28. The fraction of sp³-hybridized carbons (Fsp3) is 0.227. The van der Waals surface area contributed by atoms with E-state index in [0.717, 1.165) is 5.56 Å². The van der Waals surface area contributed by atoms with Gasteiger partial charge in [-0.3, -0.25) is 9.59 Å². The van der Waals surface area contributed by atoms with Gasteiger partial charge >= 0.3 is 0 Å². The number of hydrogen-bond acceptors (Lipinski definition) is 4. The number of benzene rings is 2. The molecule has 1 unspecified atom stereocenters. The van der Waals surface area contributed by atoms with E-state index in [0.29, 0.717) is 41.7 Å². The van der Waals surface area contributed by atoms with Crippen LogP contribution in [0, 0.1) is 0 Å². The van der Waals surface area contributed by atoms with Crippen LogP contribution in [0.25, 0.3) is 16.6 Å². The van der Waals surface area contributed by atoms with Crippen molar-refractivity contribution in [2.24, 2.45) is 0 Å². The summed E-state index contributed by atoms with van der Waals surface area (Å²) in [7, 11) is 0. The number of fused-ring (bicyclic) bond motifs is 3. The highest BCUT2D eigenvalue weighted by atomic mass is 16.5. The zero-order valence-electron chi connectivity index (χ0n) is 16.1. The molecule has 1 atom stereocenters. The number of aromatic nitrogens is 3. The molecule has 7 nitrogen and oxygen atoms in total. The van der Waals surface area contributed by atoms with E-state index in [1.807, 2.05) is 43.3 Å². The smallest absolute Gasteiger partial charge is 0.259 e. The average Bonchev–Trinajstić information content (AvgIpc) is 3.18. The molecule has 0 saturated carbocycles. The van der Waals surface area contributed by atoms with Gasteiger partial charge in [0.15, 0.2) is 0 Å². The Balaban J connectivity index is 1.37. The summed E-state index contributed by atoms with van der Waals surface area (Å²) in [5.41, 5.74) is 2.27. The molecule has 2 aromatic heterocycles. The van der Waals surface area contributed by atoms with Gasteiger partial charge in [-0.25, -0.2) is 4.52 Å². The number of ether oxygens (including phenoxy) is 1. The second-order valence-corrected chi connectivity index (χ2v) is 6.82. The van der Waals surface area contributed by atoms with Crippen LogP contribution < -0.4 is 10.9 Å². The maximum atomic E-state index is 12.6. The van der Waals surface area contributed by atoms with Crippen LogP contribution in [0.5, 0.6) is 0 Å². The Morgan fingerprint density at radius 2 is 1.93 bits per heavy atom. The van der Waals surface area contributed by atoms with Crippen molar-refractivity contribution in [1.82, 2.24) is 19.9 Å². The van der Waals surface area contributed by atoms with Crippen molar-refractivity contribution in [1.29, 1.82) is 0 Å². The number of carbonyl (C=O) groups is 1. The molecule has 1 amide bonds. The molecule has 4 aromatic rings. The fourth-order valence-corrected chi connectivity index (χ4v) is 3.29. The predicted molar refractivity (Wildman–Crippen MR) is 111 cm³/mol. The van der Waals surface area contributed by atoms with E-state index < -0.39 is 0 Å². The number of carbonyl (C=O) groups excluding carboxylic acids is 1. The topological polar surface area (TPSA) is 88.5 Å². The van der Waals surface area contributed by atoms with E-state index in [1.165, 1.54) is 6.20 Å². The van der Waals surface area contributed by atoms with E-state index in [4.69, 9.17) is 4.74 Å². The molecule has 0 saturated heterocycles. The highest BCUT2D eigenvalue weighted by molar-refractivity contribution is 6.00. The van der Waals surface area contributed by atoms with Gasteiger partial charge in [0.25, 0.3) is 11.5 Å². The molecule has 0 aliphatic carbocycles. The summed E-state index contributed by atoms with van der Waals surface area (Å²) in [6.45, 7) is 3.01. The number of H-pyrrole nitrogens is 1. The summed E-state index contributed by atoms with van der Waals surface area (Å²) in [5.74, 6) is -0.276. The molecule has 0 fully saturated rings. The lowest BCUT2D eigenvalue weighted by atomic mass is 10.1. The molecule has 0 aliphatic rings. The number of amides is 1. The van der Waals surface area contributed by atoms with Gasteiger partial charge in [-0.05, 0) is 31.0 Å². The number of hydrogen-bond donors (Lipinski definition) is 2. The zero-order chi connectivity index (χ0) is 20.2. The molecule has 2 aromatic carbocycles. The number of nitrogens with one attached hydrogen (secondary N) is 2. The van der Waals surface area contributed by atoms with Gasteiger partial charge in [0, 0.05) is 13.2 Å². The summed E-state index contributed by atoms with van der Waals surface area (Å²) < 4.78 is 7.40. The van der Waals surface area contributed by atoms with Crippen molar-refractivity contribution in [3.8, 4) is 0 Å². The average molecular weight is 390 g/mol. The first-order valence-corrected chi connectivity index (χ1v) is 9.58. The Labute approximate surface area is 167 Å². The van der Waals surface area contributed by atoms with Crippen molar-refractivity contribution in [3.05, 3.63) is 82.3 Å². The molecule has 148 valence electrons. The van der Waals surface area contributed by atoms with E-state index in [-0.39, 0.29) is 17.6 Å². The summed E-state index contributed by atoms with van der Waals surface area (Å²) in [5, 5.41) is 7.66. The van der Waals surface area contributed by atoms with Gasteiger partial charge in [0.1, 0.15) is 11.2 Å². The summed E-state index contributed by atoms with van der Waals surface area (Å²) >= 11 is 0. The first kappa shape index (κ1) is 18.9. The number of aromatic amines is 1. The van der Waals surface area contributed by atoms with Gasteiger partial charge < -0.3 is 15.0 Å². The van der Waals surface area contributed by atoms with E-state index in [9.17, 15) is 9.59 Å². The lowest BCUT2D eigenvalue weighted by Gasteiger charge is -2.13. The Kier molecular flexibility index (Phi) is 5.39. The molecule has 0 bridgehead atoms. The second-order valence-electron chi connectivity index (χ2n) is 6.82. The molecule has 0 radical (unpaired) electrons. The minimum atomic E-state index is -0.276. The summed E-state index contributed by atoms with van der Waals surface area (Å²) in [6.07, 6.45) is 2.16. The van der Waals surface area contributed by atoms with Gasteiger partial charge in [0.2, 0.25) is 0 Å². The molecule has 0 aliphatic heterocycles. The van der Waals surface area contributed by atoms with Crippen LogP contribution >= 0.6 is 0 Å². The molecule has 4 rings (SSSR count). The van der Waals surface area contributed by atoms with Gasteiger partial charge in [0.05, 0.1) is 23.2 Å². The Morgan fingerprint density at radius 3 is 2.76 bits per heavy atom. The molecule has 29 heavy (non-hydrogen) atoms. The van der Waals surface area contributed by atoms with Crippen LogP contribution in [0.15, 0.2) is 65.6 Å². The molecule has 7 heteroatoms. The van der Waals surface area contributed by atoms with Crippen molar-refractivity contribution < 1.29 is 9.53 Å². The monoisotopic (exact) mass is 390 g/mol.